The van der Waals surface area contributed by atoms with Crippen LogP contribution in [0.5, 0.6) is 0 Å². The summed E-state index contributed by atoms with van der Waals surface area (Å²) in [6.45, 7) is 8.45. The normalized spacial score (nSPS) is 13.2. The quantitative estimate of drug-likeness (QED) is 0.0737. The molecule has 5 aromatic rings. The molecule has 1 atom stereocenters. The third-order valence-corrected chi connectivity index (χ3v) is 9.50. The standard InChI is InChI=1S/C45H48N2O4/c1-32-18-17-23-35(30-32)45(33-19-7-5-8-20-33,34-21-9-6-10-22-34)46-29-16-15-28-41(42(48)51-44(2,3)4)47-43(49)50-31-40-38-26-13-11-24-36(38)37-25-12-14-27-39(37)40/h5-14,17-27,30,40-41,46H,15-16,28-29,31H2,1-4H3,(H,47,49)/t41-/m0/s1. The van der Waals surface area contributed by atoms with Gasteiger partial charge < -0.3 is 14.8 Å². The first-order valence-electron chi connectivity index (χ1n) is 17.9. The van der Waals surface area contributed by atoms with E-state index in [2.05, 4.69) is 115 Å². The van der Waals surface area contributed by atoms with E-state index in [1.807, 2.05) is 57.2 Å². The number of unbranched alkanes of at least 4 members (excludes halogenated alkanes) is 1. The summed E-state index contributed by atoms with van der Waals surface area (Å²) in [5.41, 5.74) is 7.94. The van der Waals surface area contributed by atoms with E-state index in [9.17, 15) is 9.59 Å². The molecule has 0 spiro atoms. The van der Waals surface area contributed by atoms with Crippen LogP contribution in [-0.2, 0) is 19.8 Å². The van der Waals surface area contributed by atoms with Gasteiger partial charge in [0.05, 0.1) is 5.54 Å². The zero-order valence-electron chi connectivity index (χ0n) is 30.0. The van der Waals surface area contributed by atoms with Gasteiger partial charge in [0.15, 0.2) is 0 Å². The van der Waals surface area contributed by atoms with Gasteiger partial charge in [0, 0.05) is 5.92 Å². The average Bonchev–Trinajstić information content (AvgIpc) is 3.45. The molecule has 0 saturated heterocycles. The van der Waals surface area contributed by atoms with Crippen LogP contribution in [-0.4, -0.2) is 36.9 Å². The molecule has 51 heavy (non-hydrogen) atoms. The molecule has 6 rings (SSSR count). The predicted molar refractivity (Wildman–Crippen MR) is 204 cm³/mol. The molecule has 0 saturated carbocycles. The van der Waals surface area contributed by atoms with E-state index >= 15 is 0 Å². The van der Waals surface area contributed by atoms with Gasteiger partial charge in [0.1, 0.15) is 18.2 Å². The highest BCUT2D eigenvalue weighted by atomic mass is 16.6. The van der Waals surface area contributed by atoms with E-state index < -0.39 is 29.2 Å². The maximum absolute atomic E-state index is 13.4. The Labute approximate surface area is 302 Å². The lowest BCUT2D eigenvalue weighted by Crippen LogP contribution is -2.46. The molecule has 0 heterocycles. The number of amides is 1. The van der Waals surface area contributed by atoms with Crippen molar-refractivity contribution in [1.82, 2.24) is 10.6 Å². The number of hydrogen-bond acceptors (Lipinski definition) is 5. The summed E-state index contributed by atoms with van der Waals surface area (Å²) in [6.07, 6.45) is 1.22. The largest absolute Gasteiger partial charge is 0.458 e. The van der Waals surface area contributed by atoms with Crippen LogP contribution in [0.3, 0.4) is 0 Å². The van der Waals surface area contributed by atoms with Gasteiger partial charge in [-0.25, -0.2) is 9.59 Å². The molecule has 1 amide bonds. The minimum atomic E-state index is -0.843. The van der Waals surface area contributed by atoms with Crippen molar-refractivity contribution < 1.29 is 19.1 Å². The summed E-state index contributed by atoms with van der Waals surface area (Å²) < 4.78 is 11.6. The Hall–Kier alpha value is -5.20. The second kappa shape index (κ2) is 15.8. The molecule has 0 aromatic heterocycles. The van der Waals surface area contributed by atoms with Crippen molar-refractivity contribution in [3.05, 3.63) is 167 Å². The summed E-state index contributed by atoms with van der Waals surface area (Å²) in [5.74, 6) is -0.538. The Kier molecular flexibility index (Phi) is 11.0. The molecule has 1 aliphatic rings. The molecular weight excluding hydrogens is 633 g/mol. The molecule has 0 radical (unpaired) electrons. The number of alkyl carbamates (subject to hydrolysis) is 1. The van der Waals surface area contributed by atoms with Crippen LogP contribution in [0.25, 0.3) is 11.1 Å². The van der Waals surface area contributed by atoms with Gasteiger partial charge in [-0.3, -0.25) is 5.32 Å². The first kappa shape index (κ1) is 35.6. The number of ether oxygens (including phenoxy) is 2. The van der Waals surface area contributed by atoms with Gasteiger partial charge >= 0.3 is 12.1 Å². The molecule has 0 aliphatic heterocycles. The monoisotopic (exact) mass is 680 g/mol. The van der Waals surface area contributed by atoms with Gasteiger partial charge in [0.2, 0.25) is 0 Å². The van der Waals surface area contributed by atoms with Crippen LogP contribution in [0.4, 0.5) is 4.79 Å². The third kappa shape index (κ3) is 8.24. The Bertz CT molecular complexity index is 1850. The number of aryl methyl sites for hydroxylation is 1. The number of rotatable bonds is 13. The lowest BCUT2D eigenvalue weighted by Gasteiger charge is -2.37. The fourth-order valence-corrected chi connectivity index (χ4v) is 7.21. The highest BCUT2D eigenvalue weighted by molar-refractivity contribution is 5.82. The van der Waals surface area contributed by atoms with Crippen molar-refractivity contribution in [3.8, 4) is 11.1 Å². The molecule has 5 aromatic carbocycles. The number of esters is 1. The second-order valence-electron chi connectivity index (χ2n) is 14.3. The SMILES string of the molecule is Cc1cccc(C(NCCCC[C@H](NC(=O)OCC2c3ccccc3-c3ccccc32)C(=O)OC(C)(C)C)(c2ccccc2)c2ccccc2)c1. The van der Waals surface area contributed by atoms with E-state index in [1.165, 1.54) is 5.56 Å². The molecule has 0 fully saturated rings. The summed E-state index contributed by atoms with van der Waals surface area (Å²) >= 11 is 0. The molecular formula is C45H48N2O4. The van der Waals surface area contributed by atoms with Crippen LogP contribution in [0.1, 0.15) is 79.3 Å². The summed E-state index contributed by atoms with van der Waals surface area (Å²) in [6, 6.07) is 45.3. The Morgan fingerprint density at radius 2 is 1.24 bits per heavy atom. The highest BCUT2D eigenvalue weighted by Crippen LogP contribution is 2.44. The number of benzene rings is 5. The van der Waals surface area contributed by atoms with Crippen LogP contribution in [0.15, 0.2) is 133 Å². The number of hydrogen-bond donors (Lipinski definition) is 2. The van der Waals surface area contributed by atoms with Gasteiger partial charge in [-0.15, -0.1) is 0 Å². The maximum atomic E-state index is 13.4. The minimum absolute atomic E-state index is 0.0721. The van der Waals surface area contributed by atoms with Crippen LogP contribution in [0, 0.1) is 6.92 Å². The summed E-state index contributed by atoms with van der Waals surface area (Å²) in [5, 5.41) is 6.78. The Balaban J connectivity index is 1.14. The molecule has 6 nitrogen and oxygen atoms in total. The maximum Gasteiger partial charge on any atom is 0.407 e. The second-order valence-corrected chi connectivity index (χ2v) is 14.3. The number of carbonyl (C=O) groups excluding carboxylic acids is 2. The molecule has 0 bridgehead atoms. The first-order valence-corrected chi connectivity index (χ1v) is 17.9. The zero-order valence-corrected chi connectivity index (χ0v) is 30.0. The predicted octanol–water partition coefficient (Wildman–Crippen LogP) is 9.30. The molecule has 0 unspecified atom stereocenters. The van der Waals surface area contributed by atoms with E-state index in [1.54, 1.807) is 0 Å². The van der Waals surface area contributed by atoms with Crippen LogP contribution in [0.2, 0.25) is 0 Å². The lowest BCUT2D eigenvalue weighted by molar-refractivity contribution is -0.157. The number of carbonyl (C=O) groups is 2. The number of fused-ring (bicyclic) bond motifs is 3. The van der Waals surface area contributed by atoms with E-state index in [0.717, 1.165) is 45.4 Å². The third-order valence-electron chi connectivity index (χ3n) is 9.50. The van der Waals surface area contributed by atoms with Crippen LogP contribution < -0.4 is 10.6 Å². The molecule has 1 aliphatic carbocycles. The van der Waals surface area contributed by atoms with Gasteiger partial charge in [-0.2, -0.15) is 0 Å². The summed E-state index contributed by atoms with van der Waals surface area (Å²) in [4.78, 5) is 26.7. The van der Waals surface area contributed by atoms with Crippen molar-refractivity contribution in [2.24, 2.45) is 0 Å². The van der Waals surface area contributed by atoms with E-state index in [0.29, 0.717) is 19.4 Å². The van der Waals surface area contributed by atoms with Crippen molar-refractivity contribution in [3.63, 3.8) is 0 Å². The summed E-state index contributed by atoms with van der Waals surface area (Å²) in [7, 11) is 0. The zero-order chi connectivity index (χ0) is 35.8. The highest BCUT2D eigenvalue weighted by Gasteiger charge is 2.36. The van der Waals surface area contributed by atoms with Gasteiger partial charge in [-0.05, 0) is 92.4 Å². The minimum Gasteiger partial charge on any atom is -0.458 e. The van der Waals surface area contributed by atoms with Crippen molar-refractivity contribution in [1.29, 1.82) is 0 Å². The van der Waals surface area contributed by atoms with Gasteiger partial charge in [0.25, 0.3) is 0 Å². The molecule has 2 N–H and O–H groups in total. The Morgan fingerprint density at radius 3 is 1.80 bits per heavy atom. The topological polar surface area (TPSA) is 76.7 Å². The van der Waals surface area contributed by atoms with E-state index in [4.69, 9.17) is 9.47 Å². The lowest BCUT2D eigenvalue weighted by atomic mass is 9.76. The fraction of sp³-hybridized carbons (Fsp3) is 0.289. The Morgan fingerprint density at radius 1 is 0.686 bits per heavy atom. The van der Waals surface area contributed by atoms with Crippen molar-refractivity contribution >= 4 is 12.1 Å². The average molecular weight is 681 g/mol. The number of nitrogens with one attached hydrogen (secondary N) is 2. The first-order chi connectivity index (χ1) is 24.7. The molecule has 262 valence electrons. The van der Waals surface area contributed by atoms with E-state index in [-0.39, 0.29) is 12.5 Å². The smallest absolute Gasteiger partial charge is 0.407 e. The van der Waals surface area contributed by atoms with Gasteiger partial charge in [-0.1, -0.05) is 139 Å². The van der Waals surface area contributed by atoms with Crippen molar-refractivity contribution in [2.75, 3.05) is 13.2 Å². The fourth-order valence-electron chi connectivity index (χ4n) is 7.21. The van der Waals surface area contributed by atoms with Crippen molar-refractivity contribution in [2.45, 2.75) is 70.1 Å². The molecule has 6 heteroatoms. The van der Waals surface area contributed by atoms with Crippen LogP contribution >= 0.6 is 0 Å².